The molecule has 1 N–H and O–H groups in total. The van der Waals surface area contributed by atoms with Crippen LogP contribution in [0.2, 0.25) is 0 Å². The Morgan fingerprint density at radius 3 is 2.75 bits per heavy atom. The molecule has 6 heteroatoms. The molecule has 2 aromatic rings. The van der Waals surface area contributed by atoms with Gasteiger partial charge in [-0.3, -0.25) is 0 Å². The minimum absolute atomic E-state index is 0.653. The largest absolute Gasteiger partial charge is 0.493 e. The highest BCUT2D eigenvalue weighted by molar-refractivity contribution is 5.79. The molecular formula is C14H19N3O3. The van der Waals surface area contributed by atoms with Crippen molar-refractivity contribution in [3.8, 4) is 11.5 Å². The zero-order valence-electron chi connectivity index (χ0n) is 11.8. The maximum Gasteiger partial charge on any atom is 0.298 e. The molecule has 1 aromatic carbocycles. The molecule has 1 aliphatic heterocycles. The average molecular weight is 277 g/mol. The van der Waals surface area contributed by atoms with E-state index in [1.807, 2.05) is 12.1 Å². The first-order valence-electron chi connectivity index (χ1n) is 6.80. The van der Waals surface area contributed by atoms with E-state index >= 15 is 0 Å². The Morgan fingerprint density at radius 1 is 1.15 bits per heavy atom. The molecule has 3 rings (SSSR count). The Bertz CT molecular complexity index is 548. The van der Waals surface area contributed by atoms with Crippen LogP contribution < -0.4 is 19.7 Å². The zero-order valence-corrected chi connectivity index (χ0v) is 11.8. The Labute approximate surface area is 117 Å². The maximum atomic E-state index is 5.86. The molecule has 0 aliphatic carbocycles. The monoisotopic (exact) mass is 277 g/mol. The van der Waals surface area contributed by atoms with Gasteiger partial charge in [0.15, 0.2) is 17.1 Å². The summed E-state index contributed by atoms with van der Waals surface area (Å²) in [4.78, 5) is 6.72. The fourth-order valence-corrected chi connectivity index (χ4v) is 2.42. The lowest BCUT2D eigenvalue weighted by molar-refractivity contribution is 0.355. The van der Waals surface area contributed by atoms with Crippen molar-refractivity contribution in [3.63, 3.8) is 0 Å². The van der Waals surface area contributed by atoms with E-state index in [4.69, 9.17) is 13.9 Å². The van der Waals surface area contributed by atoms with Crippen LogP contribution >= 0.6 is 0 Å². The number of fused-ring (bicyclic) bond motifs is 1. The van der Waals surface area contributed by atoms with Gasteiger partial charge in [0.1, 0.15) is 5.52 Å². The molecule has 20 heavy (non-hydrogen) atoms. The molecule has 0 bridgehead atoms. The van der Waals surface area contributed by atoms with Crippen LogP contribution in [0.3, 0.4) is 0 Å². The predicted molar refractivity (Wildman–Crippen MR) is 76.8 cm³/mol. The Hall–Kier alpha value is -1.95. The molecule has 0 saturated carbocycles. The van der Waals surface area contributed by atoms with Crippen molar-refractivity contribution >= 4 is 17.1 Å². The van der Waals surface area contributed by atoms with Crippen LogP contribution in [-0.2, 0) is 0 Å². The van der Waals surface area contributed by atoms with E-state index in [0.29, 0.717) is 17.5 Å². The van der Waals surface area contributed by atoms with Gasteiger partial charge in [0.25, 0.3) is 6.01 Å². The van der Waals surface area contributed by atoms with Crippen molar-refractivity contribution in [3.05, 3.63) is 12.1 Å². The van der Waals surface area contributed by atoms with Gasteiger partial charge in [-0.05, 0) is 13.0 Å². The van der Waals surface area contributed by atoms with E-state index < -0.39 is 0 Å². The molecule has 1 fully saturated rings. The van der Waals surface area contributed by atoms with Gasteiger partial charge in [-0.2, -0.15) is 4.98 Å². The molecule has 1 aliphatic rings. The first-order valence-corrected chi connectivity index (χ1v) is 6.80. The van der Waals surface area contributed by atoms with E-state index in [0.717, 1.165) is 43.7 Å². The van der Waals surface area contributed by atoms with Crippen molar-refractivity contribution in [2.75, 3.05) is 45.3 Å². The highest BCUT2D eigenvalue weighted by Crippen LogP contribution is 2.33. The van der Waals surface area contributed by atoms with Crippen LogP contribution in [0.5, 0.6) is 11.5 Å². The SMILES string of the molecule is COc1cc2nc(N3CCCNCC3)oc2cc1OC. The maximum absolute atomic E-state index is 5.86. The van der Waals surface area contributed by atoms with Crippen LogP contribution in [-0.4, -0.2) is 45.4 Å². The minimum atomic E-state index is 0.653. The second-order valence-electron chi connectivity index (χ2n) is 4.76. The number of nitrogens with zero attached hydrogens (tertiary/aromatic N) is 2. The molecule has 2 heterocycles. The summed E-state index contributed by atoms with van der Waals surface area (Å²) in [6, 6.07) is 4.33. The van der Waals surface area contributed by atoms with Crippen LogP contribution in [0.25, 0.3) is 11.1 Å². The molecule has 0 spiro atoms. The van der Waals surface area contributed by atoms with Gasteiger partial charge >= 0.3 is 0 Å². The first-order chi connectivity index (χ1) is 9.81. The van der Waals surface area contributed by atoms with E-state index in [2.05, 4.69) is 15.2 Å². The topological polar surface area (TPSA) is 59.8 Å². The minimum Gasteiger partial charge on any atom is -0.493 e. The fourth-order valence-electron chi connectivity index (χ4n) is 2.42. The highest BCUT2D eigenvalue weighted by Gasteiger charge is 2.17. The smallest absolute Gasteiger partial charge is 0.298 e. The number of benzene rings is 1. The van der Waals surface area contributed by atoms with Crippen molar-refractivity contribution in [1.82, 2.24) is 10.3 Å². The number of oxazole rings is 1. The summed E-state index contributed by atoms with van der Waals surface area (Å²) >= 11 is 0. The number of hydrogen-bond donors (Lipinski definition) is 1. The molecule has 0 unspecified atom stereocenters. The second-order valence-corrected chi connectivity index (χ2v) is 4.76. The van der Waals surface area contributed by atoms with Gasteiger partial charge in [0.2, 0.25) is 0 Å². The van der Waals surface area contributed by atoms with Crippen LogP contribution in [0.4, 0.5) is 6.01 Å². The number of aromatic nitrogens is 1. The molecule has 6 nitrogen and oxygen atoms in total. The third-order valence-electron chi connectivity index (χ3n) is 3.49. The van der Waals surface area contributed by atoms with Crippen molar-refractivity contribution in [2.24, 2.45) is 0 Å². The van der Waals surface area contributed by atoms with E-state index in [9.17, 15) is 0 Å². The van der Waals surface area contributed by atoms with Gasteiger partial charge < -0.3 is 24.1 Å². The fraction of sp³-hybridized carbons (Fsp3) is 0.500. The number of anilines is 1. The summed E-state index contributed by atoms with van der Waals surface area (Å²) < 4.78 is 16.4. The second kappa shape index (κ2) is 5.58. The molecule has 0 atom stereocenters. The molecule has 0 amide bonds. The molecule has 0 radical (unpaired) electrons. The number of ether oxygens (including phenoxy) is 2. The Morgan fingerprint density at radius 2 is 1.95 bits per heavy atom. The molecule has 1 saturated heterocycles. The lowest BCUT2D eigenvalue weighted by Gasteiger charge is -2.16. The number of rotatable bonds is 3. The van der Waals surface area contributed by atoms with E-state index in [1.54, 1.807) is 14.2 Å². The average Bonchev–Trinajstić information content (AvgIpc) is 2.70. The quantitative estimate of drug-likeness (QED) is 0.920. The third kappa shape index (κ3) is 2.38. The predicted octanol–water partition coefficient (Wildman–Crippen LogP) is 1.64. The van der Waals surface area contributed by atoms with Crippen LogP contribution in [0.15, 0.2) is 16.5 Å². The molecular weight excluding hydrogens is 258 g/mol. The van der Waals surface area contributed by atoms with Gasteiger partial charge in [0.05, 0.1) is 14.2 Å². The van der Waals surface area contributed by atoms with Crippen molar-refractivity contribution in [1.29, 1.82) is 0 Å². The summed E-state index contributed by atoms with van der Waals surface area (Å²) in [5, 5.41) is 3.37. The standard InChI is InChI=1S/C14H19N3O3/c1-18-12-8-10-11(9-13(12)19-2)20-14(16-10)17-6-3-4-15-5-7-17/h8-9,15H,3-7H2,1-2H3. The summed E-state index contributed by atoms with van der Waals surface area (Å²) in [5.41, 5.74) is 1.50. The van der Waals surface area contributed by atoms with Crippen molar-refractivity contribution in [2.45, 2.75) is 6.42 Å². The zero-order chi connectivity index (χ0) is 13.9. The summed E-state index contributed by atoms with van der Waals surface area (Å²) in [6.07, 6.45) is 1.09. The summed E-state index contributed by atoms with van der Waals surface area (Å²) in [5.74, 6) is 1.32. The number of methoxy groups -OCH3 is 2. The normalized spacial score (nSPS) is 16.2. The summed E-state index contributed by atoms with van der Waals surface area (Å²) in [7, 11) is 3.23. The first kappa shape index (κ1) is 13.1. The lowest BCUT2D eigenvalue weighted by atomic mass is 10.3. The number of nitrogens with one attached hydrogen (secondary N) is 1. The van der Waals surface area contributed by atoms with Gasteiger partial charge in [0, 0.05) is 31.8 Å². The number of hydrogen-bond acceptors (Lipinski definition) is 6. The van der Waals surface area contributed by atoms with Crippen LogP contribution in [0.1, 0.15) is 6.42 Å². The molecule has 1 aromatic heterocycles. The van der Waals surface area contributed by atoms with Crippen LogP contribution in [0, 0.1) is 0 Å². The molecule has 108 valence electrons. The van der Waals surface area contributed by atoms with Gasteiger partial charge in [-0.15, -0.1) is 0 Å². The van der Waals surface area contributed by atoms with Gasteiger partial charge in [-0.25, -0.2) is 0 Å². The Kier molecular flexibility index (Phi) is 3.64. The van der Waals surface area contributed by atoms with Crippen molar-refractivity contribution < 1.29 is 13.9 Å². The summed E-state index contributed by atoms with van der Waals surface area (Å²) in [6.45, 7) is 3.85. The highest BCUT2D eigenvalue weighted by atomic mass is 16.5. The lowest BCUT2D eigenvalue weighted by Crippen LogP contribution is -2.27. The van der Waals surface area contributed by atoms with Gasteiger partial charge in [-0.1, -0.05) is 0 Å². The van der Waals surface area contributed by atoms with E-state index in [-0.39, 0.29) is 0 Å². The van der Waals surface area contributed by atoms with E-state index in [1.165, 1.54) is 0 Å². The third-order valence-corrected chi connectivity index (χ3v) is 3.49. The Balaban J connectivity index is 1.96.